The van der Waals surface area contributed by atoms with E-state index in [-0.39, 0.29) is 0 Å². The monoisotopic (exact) mass is 603 g/mol. The Bertz CT molecular complexity index is 520. The Balaban J connectivity index is 2.20. The van der Waals surface area contributed by atoms with Crippen molar-refractivity contribution in [3.05, 3.63) is 12.4 Å². The molecule has 1 rings (SSSR count). The van der Waals surface area contributed by atoms with E-state index in [1.165, 1.54) is 225 Å². The third kappa shape index (κ3) is 25.2. The number of unbranched alkanes of at least 4 members (excludes halogenated alkanes) is 29. The lowest BCUT2D eigenvalue weighted by Crippen LogP contribution is -2.39. The van der Waals surface area contributed by atoms with E-state index in [2.05, 4.69) is 43.0 Å². The highest BCUT2D eigenvalue weighted by Gasteiger charge is 2.24. The summed E-state index contributed by atoms with van der Waals surface area (Å²) >= 11 is 0. The lowest BCUT2D eigenvalue weighted by Gasteiger charge is -2.33. The number of rotatable bonds is 35. The van der Waals surface area contributed by atoms with Gasteiger partial charge in [-0.15, -0.1) is 0 Å². The van der Waals surface area contributed by atoms with Gasteiger partial charge in [0.25, 0.3) is 0 Å². The van der Waals surface area contributed by atoms with E-state index in [9.17, 15) is 0 Å². The van der Waals surface area contributed by atoms with E-state index >= 15 is 0 Å². The highest BCUT2D eigenvalue weighted by atomic mass is 15.4. The van der Waals surface area contributed by atoms with Crippen LogP contribution in [0.3, 0.4) is 0 Å². The van der Waals surface area contributed by atoms with Crippen molar-refractivity contribution in [3.8, 4) is 0 Å². The molecule has 0 radical (unpaired) electrons. The highest BCUT2D eigenvalue weighted by Crippen LogP contribution is 2.24. The Morgan fingerprint density at radius 3 is 0.814 bits per heavy atom. The average Bonchev–Trinajstić information content (AvgIpc) is 3.40. The van der Waals surface area contributed by atoms with Crippen molar-refractivity contribution in [2.75, 3.05) is 13.1 Å². The number of hydrogen-bond acceptors (Lipinski definition) is 2. The smallest absolute Gasteiger partial charge is 0.101 e. The topological polar surface area (TPSA) is 6.48 Å². The van der Waals surface area contributed by atoms with Crippen LogP contribution < -0.4 is 0 Å². The fraction of sp³-hybridized carbons (Fsp3) is 0.951. The molecule has 1 aliphatic rings. The maximum absolute atomic E-state index is 2.72. The standard InChI is InChI=1S/C41H82N2/c1-4-7-10-13-16-19-21-23-25-28-31-34-37-42-39-40-43(41(42)36-33-30-27-18-15-12-9-6-3)38-35-32-29-26-24-22-20-17-14-11-8-5-2/h39-41H,4-38H2,1-3H3. The van der Waals surface area contributed by atoms with Crippen LogP contribution in [0.15, 0.2) is 12.4 Å². The molecule has 0 aromatic rings. The van der Waals surface area contributed by atoms with Crippen LogP contribution in [0.4, 0.5) is 0 Å². The molecule has 43 heavy (non-hydrogen) atoms. The predicted octanol–water partition coefficient (Wildman–Crippen LogP) is 14.3. The maximum atomic E-state index is 2.72. The lowest BCUT2D eigenvalue weighted by molar-refractivity contribution is 0.135. The van der Waals surface area contributed by atoms with Crippen molar-refractivity contribution in [2.45, 2.75) is 239 Å². The first-order valence-electron chi connectivity index (χ1n) is 20.5. The largest absolute Gasteiger partial charge is 0.356 e. The Kier molecular flexibility index (Phi) is 30.7. The molecule has 0 unspecified atom stereocenters. The van der Waals surface area contributed by atoms with Gasteiger partial charge < -0.3 is 9.80 Å². The van der Waals surface area contributed by atoms with Crippen molar-refractivity contribution in [3.63, 3.8) is 0 Å². The minimum Gasteiger partial charge on any atom is -0.356 e. The van der Waals surface area contributed by atoms with Gasteiger partial charge in [-0.1, -0.05) is 207 Å². The van der Waals surface area contributed by atoms with Gasteiger partial charge >= 0.3 is 0 Å². The van der Waals surface area contributed by atoms with Gasteiger partial charge in [-0.3, -0.25) is 0 Å². The van der Waals surface area contributed by atoms with Crippen molar-refractivity contribution < 1.29 is 0 Å². The molecule has 0 saturated heterocycles. The average molecular weight is 603 g/mol. The van der Waals surface area contributed by atoms with Gasteiger partial charge in [-0.05, 0) is 25.7 Å². The van der Waals surface area contributed by atoms with E-state index in [0.29, 0.717) is 6.17 Å². The molecular weight excluding hydrogens is 520 g/mol. The fourth-order valence-corrected chi connectivity index (χ4v) is 7.07. The second-order valence-corrected chi connectivity index (χ2v) is 14.3. The van der Waals surface area contributed by atoms with E-state index in [0.717, 1.165) is 0 Å². The SMILES string of the molecule is CCCCCCCCCCCCCCN1C=CN(CCCCCCCCCCCCCC)C1CCCCCCCCCC. The van der Waals surface area contributed by atoms with E-state index < -0.39 is 0 Å². The van der Waals surface area contributed by atoms with Crippen LogP contribution in [0.5, 0.6) is 0 Å². The number of hydrogen-bond donors (Lipinski definition) is 0. The highest BCUT2D eigenvalue weighted by molar-refractivity contribution is 4.97. The molecule has 2 nitrogen and oxygen atoms in total. The molecule has 0 aromatic carbocycles. The molecule has 0 N–H and O–H groups in total. The first-order valence-corrected chi connectivity index (χ1v) is 20.5. The van der Waals surface area contributed by atoms with Gasteiger partial charge in [0.2, 0.25) is 0 Å². The first kappa shape index (κ1) is 40.4. The molecule has 0 aromatic heterocycles. The van der Waals surface area contributed by atoms with Crippen LogP contribution >= 0.6 is 0 Å². The summed E-state index contributed by atoms with van der Waals surface area (Å²) in [5, 5.41) is 0. The Morgan fingerprint density at radius 1 is 0.302 bits per heavy atom. The van der Waals surface area contributed by atoms with Crippen molar-refractivity contribution in [1.29, 1.82) is 0 Å². The quantitative estimate of drug-likeness (QED) is 0.0666. The van der Waals surface area contributed by atoms with Crippen LogP contribution in [-0.2, 0) is 0 Å². The number of nitrogens with zero attached hydrogens (tertiary/aromatic N) is 2. The molecule has 0 bridgehead atoms. The van der Waals surface area contributed by atoms with Crippen molar-refractivity contribution in [1.82, 2.24) is 9.80 Å². The third-order valence-corrected chi connectivity index (χ3v) is 10.1. The molecule has 0 atom stereocenters. The second-order valence-electron chi connectivity index (χ2n) is 14.3. The van der Waals surface area contributed by atoms with Crippen molar-refractivity contribution >= 4 is 0 Å². The first-order chi connectivity index (χ1) is 21.3. The maximum Gasteiger partial charge on any atom is 0.101 e. The van der Waals surface area contributed by atoms with Gasteiger partial charge in [0.1, 0.15) is 6.17 Å². The van der Waals surface area contributed by atoms with Crippen LogP contribution in [0, 0.1) is 0 Å². The summed E-state index contributed by atoms with van der Waals surface area (Å²) in [4.78, 5) is 5.44. The van der Waals surface area contributed by atoms with E-state index in [1.807, 2.05) is 0 Å². The molecule has 256 valence electrons. The van der Waals surface area contributed by atoms with Crippen LogP contribution in [0.25, 0.3) is 0 Å². The van der Waals surface area contributed by atoms with E-state index in [1.54, 1.807) is 0 Å². The summed E-state index contributed by atoms with van der Waals surface area (Å²) in [5.41, 5.74) is 0. The molecule has 1 heterocycles. The van der Waals surface area contributed by atoms with Gasteiger partial charge in [0, 0.05) is 25.5 Å². The normalized spacial score (nSPS) is 13.7. The predicted molar refractivity (Wildman–Crippen MR) is 196 cm³/mol. The molecule has 0 fully saturated rings. The molecule has 0 saturated carbocycles. The summed E-state index contributed by atoms with van der Waals surface area (Å²) in [6.45, 7) is 9.48. The molecule has 1 aliphatic heterocycles. The lowest BCUT2D eigenvalue weighted by atomic mass is 10.0. The van der Waals surface area contributed by atoms with Crippen LogP contribution in [0.2, 0.25) is 0 Å². The van der Waals surface area contributed by atoms with Crippen LogP contribution in [-0.4, -0.2) is 29.1 Å². The van der Waals surface area contributed by atoms with Crippen LogP contribution in [0.1, 0.15) is 233 Å². The minimum absolute atomic E-state index is 0.639. The summed E-state index contributed by atoms with van der Waals surface area (Å²) in [6, 6.07) is 0. The Hall–Kier alpha value is -0.660. The molecule has 0 aliphatic carbocycles. The second kappa shape index (κ2) is 32.7. The summed E-state index contributed by atoms with van der Waals surface area (Å²) in [7, 11) is 0. The zero-order valence-corrected chi connectivity index (χ0v) is 30.4. The van der Waals surface area contributed by atoms with Gasteiger partial charge in [0.05, 0.1) is 0 Å². The van der Waals surface area contributed by atoms with Gasteiger partial charge in [-0.2, -0.15) is 0 Å². The van der Waals surface area contributed by atoms with Crippen molar-refractivity contribution in [2.24, 2.45) is 0 Å². The molecule has 0 amide bonds. The van der Waals surface area contributed by atoms with Gasteiger partial charge in [-0.25, -0.2) is 0 Å². The van der Waals surface area contributed by atoms with Gasteiger partial charge in [0.15, 0.2) is 0 Å². The molecular formula is C41H82N2. The Labute approximate surface area is 273 Å². The zero-order chi connectivity index (χ0) is 30.9. The summed E-state index contributed by atoms with van der Waals surface area (Å²) in [6.07, 6.45) is 52.9. The summed E-state index contributed by atoms with van der Waals surface area (Å²) < 4.78 is 0. The fourth-order valence-electron chi connectivity index (χ4n) is 7.07. The summed E-state index contributed by atoms with van der Waals surface area (Å²) in [5.74, 6) is 0. The molecule has 0 spiro atoms. The minimum atomic E-state index is 0.639. The zero-order valence-electron chi connectivity index (χ0n) is 30.4. The Morgan fingerprint density at radius 2 is 0.535 bits per heavy atom. The third-order valence-electron chi connectivity index (χ3n) is 10.1. The molecule has 2 heteroatoms. The van der Waals surface area contributed by atoms with E-state index in [4.69, 9.17) is 0 Å².